The molecular formula is C50H90O6. The summed E-state index contributed by atoms with van der Waals surface area (Å²) < 4.78 is 16.7. The number of allylic oxidation sites excluding steroid dienone is 6. The maximum Gasteiger partial charge on any atom is 0.306 e. The quantitative estimate of drug-likeness (QED) is 0.0201. The molecule has 1 atom stereocenters. The Morgan fingerprint density at radius 1 is 0.357 bits per heavy atom. The van der Waals surface area contributed by atoms with Crippen molar-refractivity contribution in [3.63, 3.8) is 0 Å². The van der Waals surface area contributed by atoms with Crippen LogP contribution in [0.25, 0.3) is 0 Å². The number of ether oxygens (including phenoxy) is 3. The van der Waals surface area contributed by atoms with Crippen molar-refractivity contribution in [2.45, 2.75) is 252 Å². The second-order valence-corrected chi connectivity index (χ2v) is 16.0. The minimum absolute atomic E-state index is 0.0789. The number of rotatable bonds is 43. The summed E-state index contributed by atoms with van der Waals surface area (Å²) in [7, 11) is 0. The number of hydrogen-bond donors (Lipinski definition) is 0. The lowest BCUT2D eigenvalue weighted by Crippen LogP contribution is -2.30. The van der Waals surface area contributed by atoms with Gasteiger partial charge >= 0.3 is 17.9 Å². The van der Waals surface area contributed by atoms with Crippen LogP contribution in [0.4, 0.5) is 0 Å². The summed E-state index contributed by atoms with van der Waals surface area (Å²) in [6.45, 7) is 6.56. The summed E-state index contributed by atoms with van der Waals surface area (Å²) in [4.78, 5) is 37.7. The van der Waals surface area contributed by atoms with Gasteiger partial charge in [-0.25, -0.2) is 0 Å². The highest BCUT2D eigenvalue weighted by Crippen LogP contribution is 2.14. The van der Waals surface area contributed by atoms with E-state index in [9.17, 15) is 14.4 Å². The van der Waals surface area contributed by atoms with Crippen LogP contribution in [0, 0.1) is 0 Å². The van der Waals surface area contributed by atoms with Crippen molar-refractivity contribution < 1.29 is 28.6 Å². The molecule has 6 nitrogen and oxygen atoms in total. The molecule has 0 saturated heterocycles. The van der Waals surface area contributed by atoms with Crippen LogP contribution in [0.2, 0.25) is 0 Å². The highest BCUT2D eigenvalue weighted by molar-refractivity contribution is 5.71. The van der Waals surface area contributed by atoms with E-state index in [0.717, 1.165) is 89.9 Å². The fraction of sp³-hybridized carbons (Fsp3) is 0.820. The molecule has 0 radical (unpaired) electrons. The van der Waals surface area contributed by atoms with Gasteiger partial charge in [0.25, 0.3) is 0 Å². The van der Waals surface area contributed by atoms with Crippen LogP contribution >= 0.6 is 0 Å². The Hall–Kier alpha value is -2.37. The van der Waals surface area contributed by atoms with Gasteiger partial charge in [0.05, 0.1) is 0 Å². The van der Waals surface area contributed by atoms with Crippen LogP contribution in [0.15, 0.2) is 36.5 Å². The lowest BCUT2D eigenvalue weighted by atomic mass is 10.1. The highest BCUT2D eigenvalue weighted by atomic mass is 16.6. The van der Waals surface area contributed by atoms with Crippen molar-refractivity contribution in [2.24, 2.45) is 0 Å². The number of unbranched alkanes of at least 4 members (excludes halogenated alkanes) is 27. The van der Waals surface area contributed by atoms with Gasteiger partial charge in [-0.2, -0.15) is 0 Å². The zero-order valence-corrected chi connectivity index (χ0v) is 37.2. The third-order valence-electron chi connectivity index (χ3n) is 10.4. The van der Waals surface area contributed by atoms with Crippen LogP contribution in [-0.2, 0) is 28.6 Å². The van der Waals surface area contributed by atoms with Gasteiger partial charge in [0.2, 0.25) is 0 Å². The van der Waals surface area contributed by atoms with E-state index < -0.39 is 6.10 Å². The molecule has 6 heteroatoms. The summed E-state index contributed by atoms with van der Waals surface area (Å²) in [5, 5.41) is 0. The van der Waals surface area contributed by atoms with Crippen molar-refractivity contribution in [1.82, 2.24) is 0 Å². The summed E-state index contributed by atoms with van der Waals surface area (Å²) in [5.74, 6) is -0.904. The Labute approximate surface area is 346 Å². The van der Waals surface area contributed by atoms with Crippen molar-refractivity contribution >= 4 is 17.9 Å². The molecule has 0 aromatic rings. The van der Waals surface area contributed by atoms with Gasteiger partial charge in [-0.1, -0.05) is 198 Å². The van der Waals surface area contributed by atoms with Gasteiger partial charge in [0.1, 0.15) is 13.2 Å². The average Bonchev–Trinajstić information content (AvgIpc) is 3.19. The van der Waals surface area contributed by atoms with E-state index >= 15 is 0 Å². The van der Waals surface area contributed by atoms with Crippen molar-refractivity contribution in [3.05, 3.63) is 36.5 Å². The standard InChI is InChI=1S/C50H90O6/c1-4-7-10-13-16-19-21-22-23-24-25-26-27-29-31-34-37-40-43-49(52)55-46-47(45-54-48(51)42-39-36-33-30-18-15-12-9-6-3)56-50(53)44-41-38-35-32-28-20-17-14-11-8-5-2/h14,17,23-26,47H,4-13,15-16,18-22,27-46H2,1-3H3/b17-14-,24-23-,26-25-. The van der Waals surface area contributed by atoms with E-state index in [0.29, 0.717) is 19.3 Å². The van der Waals surface area contributed by atoms with Crippen molar-refractivity contribution in [3.8, 4) is 0 Å². The molecule has 0 N–H and O–H groups in total. The number of carbonyl (C=O) groups excluding carboxylic acids is 3. The maximum absolute atomic E-state index is 12.7. The molecular weight excluding hydrogens is 697 g/mol. The van der Waals surface area contributed by atoms with Gasteiger partial charge < -0.3 is 14.2 Å². The van der Waals surface area contributed by atoms with Gasteiger partial charge in [-0.15, -0.1) is 0 Å². The molecule has 0 aromatic carbocycles. The zero-order valence-electron chi connectivity index (χ0n) is 37.2. The van der Waals surface area contributed by atoms with Crippen LogP contribution < -0.4 is 0 Å². The molecule has 0 aliphatic rings. The largest absolute Gasteiger partial charge is 0.462 e. The fourth-order valence-corrected chi connectivity index (χ4v) is 6.71. The Kier molecular flexibility index (Phi) is 43.4. The summed E-state index contributed by atoms with van der Waals surface area (Å²) in [5.41, 5.74) is 0. The molecule has 0 amide bonds. The Balaban J connectivity index is 4.32. The smallest absolute Gasteiger partial charge is 0.306 e. The predicted octanol–water partition coefficient (Wildman–Crippen LogP) is 15.4. The van der Waals surface area contributed by atoms with E-state index in [1.54, 1.807) is 0 Å². The van der Waals surface area contributed by atoms with E-state index in [1.807, 2.05) is 0 Å². The van der Waals surface area contributed by atoms with Crippen LogP contribution in [0.5, 0.6) is 0 Å². The number of carbonyl (C=O) groups is 3. The first-order chi connectivity index (χ1) is 27.5. The molecule has 0 saturated carbocycles. The molecule has 0 spiro atoms. The normalized spacial score (nSPS) is 12.3. The van der Waals surface area contributed by atoms with Crippen molar-refractivity contribution in [1.29, 1.82) is 0 Å². The Morgan fingerprint density at radius 2 is 0.661 bits per heavy atom. The summed E-state index contributed by atoms with van der Waals surface area (Å²) in [6, 6.07) is 0. The zero-order chi connectivity index (χ0) is 40.8. The lowest BCUT2D eigenvalue weighted by Gasteiger charge is -2.18. The molecule has 0 fully saturated rings. The van der Waals surface area contributed by atoms with E-state index in [-0.39, 0.29) is 31.1 Å². The Bertz CT molecular complexity index is 953. The SMILES string of the molecule is CCCC/C=C\CCCCCCCC(=O)OC(COC(=O)CCCCCCC/C=C\C=C/CCCCCCCCC)COC(=O)CCCCCCCCCCC. The van der Waals surface area contributed by atoms with Crippen molar-refractivity contribution in [2.75, 3.05) is 13.2 Å². The lowest BCUT2D eigenvalue weighted by molar-refractivity contribution is -0.167. The molecule has 326 valence electrons. The maximum atomic E-state index is 12.7. The fourth-order valence-electron chi connectivity index (χ4n) is 6.71. The molecule has 0 aromatic heterocycles. The van der Waals surface area contributed by atoms with Gasteiger partial charge in [0, 0.05) is 19.3 Å². The first-order valence-electron chi connectivity index (χ1n) is 24.0. The topological polar surface area (TPSA) is 78.9 Å². The summed E-state index contributed by atoms with van der Waals surface area (Å²) >= 11 is 0. The minimum atomic E-state index is -0.777. The Morgan fingerprint density at radius 3 is 1.05 bits per heavy atom. The highest BCUT2D eigenvalue weighted by Gasteiger charge is 2.19. The molecule has 56 heavy (non-hydrogen) atoms. The van der Waals surface area contributed by atoms with Crippen LogP contribution in [-0.4, -0.2) is 37.2 Å². The van der Waals surface area contributed by atoms with E-state index in [2.05, 4.69) is 57.2 Å². The van der Waals surface area contributed by atoms with Crippen LogP contribution in [0.1, 0.15) is 245 Å². The van der Waals surface area contributed by atoms with Gasteiger partial charge in [-0.05, 0) is 64.2 Å². The summed E-state index contributed by atoms with van der Waals surface area (Å²) in [6.07, 6.45) is 51.3. The van der Waals surface area contributed by atoms with Gasteiger partial charge in [0.15, 0.2) is 6.10 Å². The predicted molar refractivity (Wildman–Crippen MR) is 238 cm³/mol. The monoisotopic (exact) mass is 787 g/mol. The molecule has 0 aliphatic carbocycles. The molecule has 1 unspecified atom stereocenters. The third-order valence-corrected chi connectivity index (χ3v) is 10.4. The first-order valence-corrected chi connectivity index (χ1v) is 24.0. The average molecular weight is 787 g/mol. The van der Waals surface area contributed by atoms with Gasteiger partial charge in [-0.3, -0.25) is 14.4 Å². The minimum Gasteiger partial charge on any atom is -0.462 e. The van der Waals surface area contributed by atoms with E-state index in [4.69, 9.17) is 14.2 Å². The molecule has 0 heterocycles. The number of esters is 3. The molecule has 0 aliphatic heterocycles. The second-order valence-electron chi connectivity index (χ2n) is 16.0. The molecule has 0 bridgehead atoms. The second kappa shape index (κ2) is 45.3. The van der Waals surface area contributed by atoms with E-state index in [1.165, 1.54) is 116 Å². The third kappa shape index (κ3) is 42.8. The molecule has 0 rings (SSSR count). The first kappa shape index (κ1) is 53.6. The van der Waals surface area contributed by atoms with Crippen LogP contribution in [0.3, 0.4) is 0 Å². The number of hydrogen-bond acceptors (Lipinski definition) is 6.